The summed E-state index contributed by atoms with van der Waals surface area (Å²) in [6, 6.07) is 16.3. The zero-order valence-electron chi connectivity index (χ0n) is 22.2. The number of aliphatic imine (C=N–C) groups is 1. The molecule has 0 aliphatic carbocycles. The van der Waals surface area contributed by atoms with Crippen LogP contribution in [0.25, 0.3) is 0 Å². The zero-order valence-corrected chi connectivity index (χ0v) is 24.6. The minimum absolute atomic E-state index is 0.154. The molecule has 2 aliphatic heterocycles. The summed E-state index contributed by atoms with van der Waals surface area (Å²) in [6.45, 7) is 5.75. The molecule has 2 N–H and O–H groups in total. The van der Waals surface area contributed by atoms with E-state index in [1.165, 1.54) is 0 Å². The lowest BCUT2D eigenvalue weighted by molar-refractivity contribution is -0.0256. The molecule has 0 radical (unpaired) electrons. The number of halogens is 2. The zero-order chi connectivity index (χ0) is 28.3. The highest BCUT2D eigenvalue weighted by Crippen LogP contribution is 2.32. The number of fused-ring (bicyclic) bond motifs is 1. The van der Waals surface area contributed by atoms with Crippen LogP contribution in [0.5, 0.6) is 0 Å². The number of aryl methyl sites for hydroxylation is 1. The van der Waals surface area contributed by atoms with Crippen molar-refractivity contribution in [1.29, 1.82) is 0 Å². The van der Waals surface area contributed by atoms with Crippen LogP contribution in [0.4, 0.5) is 11.4 Å². The number of rotatable bonds is 8. The van der Waals surface area contributed by atoms with Gasteiger partial charge in [0.05, 0.1) is 11.4 Å². The fourth-order valence-corrected chi connectivity index (χ4v) is 7.05. The predicted octanol–water partition coefficient (Wildman–Crippen LogP) is 5.60. The molecule has 210 valence electrons. The van der Waals surface area contributed by atoms with Gasteiger partial charge in [0.15, 0.2) is 0 Å². The van der Waals surface area contributed by atoms with Crippen molar-refractivity contribution >= 4 is 50.8 Å². The number of anilines is 1. The van der Waals surface area contributed by atoms with E-state index in [1.807, 2.05) is 49.4 Å². The van der Waals surface area contributed by atoms with Gasteiger partial charge in [-0.15, -0.1) is 0 Å². The second-order valence-electron chi connectivity index (χ2n) is 10.2. The number of allylic oxidation sites excluding steroid dienone is 2. The number of nitrogens with one attached hydrogen (secondary N) is 1. The molecule has 10 heteroatoms. The Hall–Kier alpha value is -2.72. The molecule has 0 aromatic heterocycles. The van der Waals surface area contributed by atoms with Crippen LogP contribution in [0, 0.1) is 6.92 Å². The lowest BCUT2D eigenvalue weighted by atomic mass is 10.1. The summed E-state index contributed by atoms with van der Waals surface area (Å²) in [5.74, 6) is 0. The van der Waals surface area contributed by atoms with E-state index in [2.05, 4.69) is 19.5 Å². The summed E-state index contributed by atoms with van der Waals surface area (Å²) in [6.07, 6.45) is 5.83. The van der Waals surface area contributed by atoms with E-state index in [0.717, 1.165) is 55.0 Å². The minimum Gasteiger partial charge on any atom is -0.378 e. The molecule has 1 atom stereocenters. The second kappa shape index (κ2) is 12.4. The summed E-state index contributed by atoms with van der Waals surface area (Å²) < 4.78 is 29.4. The Labute approximate surface area is 245 Å². The molecule has 1 unspecified atom stereocenters. The molecule has 0 saturated carbocycles. The van der Waals surface area contributed by atoms with Gasteiger partial charge in [0.1, 0.15) is 11.1 Å². The Kier molecular flexibility index (Phi) is 8.95. The Morgan fingerprint density at radius 3 is 2.48 bits per heavy atom. The number of hydrogen-bond acceptors (Lipinski definition) is 6. The second-order valence-corrected chi connectivity index (χ2v) is 12.7. The lowest BCUT2D eigenvalue weighted by Gasteiger charge is -2.37. The Balaban J connectivity index is 1.19. The van der Waals surface area contributed by atoms with Gasteiger partial charge in [-0.05, 0) is 72.0 Å². The van der Waals surface area contributed by atoms with E-state index in [9.17, 15) is 13.5 Å². The van der Waals surface area contributed by atoms with E-state index in [0.29, 0.717) is 34.3 Å². The Morgan fingerprint density at radius 2 is 1.75 bits per heavy atom. The predicted molar refractivity (Wildman–Crippen MR) is 162 cm³/mol. The fourth-order valence-electron chi connectivity index (χ4n) is 5.16. The van der Waals surface area contributed by atoms with Crippen LogP contribution in [-0.4, -0.2) is 61.9 Å². The number of benzene rings is 3. The minimum atomic E-state index is -3.85. The first-order chi connectivity index (χ1) is 19.2. The van der Waals surface area contributed by atoms with Crippen molar-refractivity contribution < 1.29 is 13.5 Å². The molecule has 0 spiro atoms. The van der Waals surface area contributed by atoms with Crippen molar-refractivity contribution in [3.63, 3.8) is 0 Å². The third kappa shape index (κ3) is 6.94. The molecule has 2 heterocycles. The Bertz CT molecular complexity index is 1530. The maximum atomic E-state index is 13.3. The van der Waals surface area contributed by atoms with Crippen molar-refractivity contribution in [2.75, 3.05) is 30.9 Å². The summed E-state index contributed by atoms with van der Waals surface area (Å²) in [5.41, 5.74) is 4.63. The highest BCUT2D eigenvalue weighted by molar-refractivity contribution is 7.92. The standard InChI is InChI=1S/C30H32Cl2N4O3S/c1-21-15-22(18-29(37)36-13-11-35(12-14-36)20-23-16-25(31)19-26(32)17-23)8-9-27(21)34-40(38,39)28-7-4-6-24-5-2-3-10-33-30(24)28/h2-4,6-10,15-17,19,29,34,37H,5,11-14,18,20H2,1H3. The smallest absolute Gasteiger partial charge is 0.264 e. The van der Waals surface area contributed by atoms with Crippen LogP contribution in [-0.2, 0) is 29.4 Å². The van der Waals surface area contributed by atoms with Crippen LogP contribution in [0.15, 0.2) is 76.6 Å². The number of para-hydroxylation sites is 1. The molecular weight excluding hydrogens is 567 g/mol. The van der Waals surface area contributed by atoms with Gasteiger partial charge in [-0.1, -0.05) is 53.5 Å². The molecule has 5 rings (SSSR count). The summed E-state index contributed by atoms with van der Waals surface area (Å²) in [4.78, 5) is 8.91. The lowest BCUT2D eigenvalue weighted by Crippen LogP contribution is -2.50. The normalized spacial score (nSPS) is 16.9. The topological polar surface area (TPSA) is 85.2 Å². The van der Waals surface area contributed by atoms with Gasteiger partial charge in [0, 0.05) is 55.4 Å². The van der Waals surface area contributed by atoms with E-state index in [4.69, 9.17) is 23.2 Å². The number of nitrogens with zero attached hydrogens (tertiary/aromatic N) is 3. The molecule has 1 saturated heterocycles. The van der Waals surface area contributed by atoms with Gasteiger partial charge in [0.25, 0.3) is 10.0 Å². The molecule has 3 aromatic rings. The first-order valence-corrected chi connectivity index (χ1v) is 15.4. The van der Waals surface area contributed by atoms with Crippen molar-refractivity contribution in [1.82, 2.24) is 9.80 Å². The highest BCUT2D eigenvalue weighted by Gasteiger charge is 2.24. The molecule has 0 amide bonds. The molecule has 0 bridgehead atoms. The van der Waals surface area contributed by atoms with Gasteiger partial charge in [-0.3, -0.25) is 19.5 Å². The molecule has 40 heavy (non-hydrogen) atoms. The van der Waals surface area contributed by atoms with Gasteiger partial charge >= 0.3 is 0 Å². The number of piperazine rings is 1. The molecule has 7 nitrogen and oxygen atoms in total. The van der Waals surface area contributed by atoms with E-state index >= 15 is 0 Å². The van der Waals surface area contributed by atoms with Gasteiger partial charge < -0.3 is 5.11 Å². The fraction of sp³-hybridized carbons (Fsp3) is 0.300. The maximum absolute atomic E-state index is 13.3. The summed E-state index contributed by atoms with van der Waals surface area (Å²) in [5, 5.41) is 12.2. The monoisotopic (exact) mass is 598 g/mol. The van der Waals surface area contributed by atoms with Crippen LogP contribution in [0.1, 0.15) is 22.3 Å². The van der Waals surface area contributed by atoms with Crippen LogP contribution in [0.3, 0.4) is 0 Å². The highest BCUT2D eigenvalue weighted by atomic mass is 35.5. The van der Waals surface area contributed by atoms with E-state index in [-0.39, 0.29) is 4.90 Å². The third-order valence-corrected chi connectivity index (χ3v) is 9.08. The first-order valence-electron chi connectivity index (χ1n) is 13.2. The van der Waals surface area contributed by atoms with E-state index < -0.39 is 16.3 Å². The largest absolute Gasteiger partial charge is 0.378 e. The number of sulfonamides is 1. The van der Waals surface area contributed by atoms with Crippen molar-refractivity contribution in [2.45, 2.75) is 37.4 Å². The van der Waals surface area contributed by atoms with Crippen LogP contribution in [0.2, 0.25) is 10.0 Å². The number of hydrogen-bond donors (Lipinski definition) is 2. The SMILES string of the molecule is Cc1cc(CC(O)N2CCN(Cc3cc(Cl)cc(Cl)c3)CC2)ccc1NS(=O)(=O)c1cccc2c1N=CC=CC2. The molecule has 3 aromatic carbocycles. The molecular formula is C30H32Cl2N4O3S. The number of aliphatic hydroxyl groups excluding tert-OH is 1. The van der Waals surface area contributed by atoms with Gasteiger partial charge in [0.2, 0.25) is 0 Å². The summed E-state index contributed by atoms with van der Waals surface area (Å²) >= 11 is 12.3. The quantitative estimate of drug-likeness (QED) is 0.353. The maximum Gasteiger partial charge on any atom is 0.264 e. The van der Waals surface area contributed by atoms with Gasteiger partial charge in [-0.2, -0.15) is 0 Å². The van der Waals surface area contributed by atoms with Crippen LogP contribution >= 0.6 is 23.2 Å². The van der Waals surface area contributed by atoms with Crippen molar-refractivity contribution in [3.8, 4) is 0 Å². The molecule has 1 fully saturated rings. The van der Waals surface area contributed by atoms with Crippen molar-refractivity contribution in [3.05, 3.63) is 99.0 Å². The summed E-state index contributed by atoms with van der Waals surface area (Å²) in [7, 11) is -3.85. The van der Waals surface area contributed by atoms with E-state index in [1.54, 1.807) is 30.5 Å². The third-order valence-electron chi connectivity index (χ3n) is 7.25. The van der Waals surface area contributed by atoms with Gasteiger partial charge in [-0.25, -0.2) is 8.42 Å². The Morgan fingerprint density at radius 1 is 1.00 bits per heavy atom. The van der Waals surface area contributed by atoms with Crippen LogP contribution < -0.4 is 4.72 Å². The number of aliphatic hydroxyl groups is 1. The van der Waals surface area contributed by atoms with Crippen molar-refractivity contribution in [2.24, 2.45) is 4.99 Å². The average Bonchev–Trinajstić information content (AvgIpc) is 3.15. The molecule has 2 aliphatic rings. The average molecular weight is 600 g/mol. The first kappa shape index (κ1) is 28.8.